The van der Waals surface area contributed by atoms with Gasteiger partial charge in [0.1, 0.15) is 5.75 Å². The summed E-state index contributed by atoms with van der Waals surface area (Å²) in [6.45, 7) is 2.78. The first-order valence-corrected chi connectivity index (χ1v) is 13.0. The molecule has 3 atom stereocenters. The van der Waals surface area contributed by atoms with E-state index in [1.807, 2.05) is 42.6 Å². The van der Waals surface area contributed by atoms with Gasteiger partial charge in [-0.15, -0.1) is 0 Å². The molecule has 0 aliphatic carbocycles. The Bertz CT molecular complexity index is 1120. The fraction of sp³-hybridized carbons (Fsp3) is 0.483. The summed E-state index contributed by atoms with van der Waals surface area (Å²) in [5.74, 6) is 0.393. The number of carbonyl (C=O) groups is 1. The topological polar surface area (TPSA) is 95.8 Å². The predicted molar refractivity (Wildman–Crippen MR) is 140 cm³/mol. The largest absolute Gasteiger partial charge is 0.497 e. The van der Waals surface area contributed by atoms with E-state index < -0.39 is 12.1 Å². The molecule has 3 aromatic rings. The summed E-state index contributed by atoms with van der Waals surface area (Å²) in [4.78, 5) is 22.8. The molecule has 0 unspecified atom stereocenters. The van der Waals surface area contributed by atoms with Gasteiger partial charge < -0.3 is 19.8 Å². The zero-order chi connectivity index (χ0) is 25.3. The molecule has 0 saturated carbocycles. The molecule has 1 saturated heterocycles. The number of piperidine rings is 1. The molecular weight excluding hydrogens is 454 g/mol. The predicted octanol–water partition coefficient (Wildman–Crippen LogP) is 4.89. The highest BCUT2D eigenvalue weighted by Crippen LogP contribution is 2.34. The van der Waals surface area contributed by atoms with Crippen LogP contribution in [-0.4, -0.2) is 57.8 Å². The van der Waals surface area contributed by atoms with Crippen molar-refractivity contribution in [1.29, 1.82) is 0 Å². The van der Waals surface area contributed by atoms with Crippen LogP contribution < -0.4 is 4.74 Å². The number of carboxylic acids is 1. The van der Waals surface area contributed by atoms with Crippen LogP contribution in [0.25, 0.3) is 10.9 Å². The second-order valence-electron chi connectivity index (χ2n) is 9.86. The quantitative estimate of drug-likeness (QED) is 0.348. The molecule has 7 nitrogen and oxygen atoms in total. The molecule has 7 heteroatoms. The number of aliphatic carboxylic acids is 1. The fourth-order valence-electron chi connectivity index (χ4n) is 5.47. The number of likely N-dealkylation sites (tertiary alicyclic amines) is 1. The second-order valence-corrected chi connectivity index (χ2v) is 9.86. The van der Waals surface area contributed by atoms with Gasteiger partial charge in [0.15, 0.2) is 0 Å². The Morgan fingerprint density at radius 3 is 2.81 bits per heavy atom. The molecule has 4 rings (SSSR count). The van der Waals surface area contributed by atoms with Crippen LogP contribution in [0, 0.1) is 11.8 Å². The third-order valence-electron chi connectivity index (χ3n) is 7.45. The van der Waals surface area contributed by atoms with Crippen LogP contribution in [0.5, 0.6) is 5.75 Å². The number of aliphatic hydroxyl groups excluding tert-OH is 1. The Hall–Kier alpha value is -3.03. The number of benzene rings is 1. The summed E-state index contributed by atoms with van der Waals surface area (Å²) in [6.07, 6.45) is 8.63. The van der Waals surface area contributed by atoms with Gasteiger partial charge in [-0.05, 0) is 105 Å². The monoisotopic (exact) mass is 491 g/mol. The summed E-state index contributed by atoms with van der Waals surface area (Å²) in [6, 6.07) is 13.6. The molecule has 2 aromatic heterocycles. The Labute approximate surface area is 213 Å². The Balaban J connectivity index is 1.31. The number of unbranched alkanes of at least 4 members (excludes halogenated alkanes) is 1. The first-order valence-electron chi connectivity index (χ1n) is 13.0. The van der Waals surface area contributed by atoms with E-state index in [1.165, 1.54) is 0 Å². The number of aliphatic hydroxyl groups is 1. The number of pyridine rings is 2. The van der Waals surface area contributed by atoms with Gasteiger partial charge in [0.2, 0.25) is 0 Å². The van der Waals surface area contributed by atoms with Crippen molar-refractivity contribution in [3.8, 4) is 5.75 Å². The maximum atomic E-state index is 11.6. The van der Waals surface area contributed by atoms with Crippen molar-refractivity contribution in [1.82, 2.24) is 14.9 Å². The molecule has 1 aromatic carbocycles. The Morgan fingerprint density at radius 1 is 1.14 bits per heavy atom. The van der Waals surface area contributed by atoms with Gasteiger partial charge in [0, 0.05) is 36.4 Å². The SMILES string of the molecule is COc1ccc2nccc([C@@H](O)CC[C@@H]3CCN(CCCCc4ccccn4)C[C@@H]3CC(=O)O)c2c1. The molecule has 192 valence electrons. The Morgan fingerprint density at radius 2 is 2.03 bits per heavy atom. The Kier molecular flexibility index (Phi) is 9.25. The van der Waals surface area contributed by atoms with Crippen LogP contribution in [0.1, 0.15) is 55.9 Å². The number of aromatic nitrogens is 2. The number of methoxy groups -OCH3 is 1. The van der Waals surface area contributed by atoms with Crippen LogP contribution >= 0.6 is 0 Å². The molecule has 0 spiro atoms. The first-order chi connectivity index (χ1) is 17.5. The summed E-state index contributed by atoms with van der Waals surface area (Å²) in [5.41, 5.74) is 2.80. The van der Waals surface area contributed by atoms with Crippen molar-refractivity contribution >= 4 is 16.9 Å². The van der Waals surface area contributed by atoms with Crippen LogP contribution in [0.4, 0.5) is 0 Å². The molecule has 3 heterocycles. The van der Waals surface area contributed by atoms with Crippen LogP contribution in [-0.2, 0) is 11.2 Å². The van der Waals surface area contributed by atoms with Crippen molar-refractivity contribution in [3.63, 3.8) is 0 Å². The maximum absolute atomic E-state index is 11.6. The number of carboxylic acid groups (broad SMARTS) is 1. The average molecular weight is 492 g/mol. The van der Waals surface area contributed by atoms with Crippen molar-refractivity contribution in [3.05, 3.63) is 66.1 Å². The molecular formula is C29H37N3O4. The van der Waals surface area contributed by atoms with E-state index in [9.17, 15) is 15.0 Å². The number of nitrogens with zero attached hydrogens (tertiary/aromatic N) is 3. The number of aryl methyl sites for hydroxylation is 1. The highest BCUT2D eigenvalue weighted by molar-refractivity contribution is 5.83. The third-order valence-corrected chi connectivity index (χ3v) is 7.45. The fourth-order valence-corrected chi connectivity index (χ4v) is 5.47. The molecule has 36 heavy (non-hydrogen) atoms. The van der Waals surface area contributed by atoms with E-state index in [4.69, 9.17) is 4.74 Å². The van der Waals surface area contributed by atoms with Gasteiger partial charge in [-0.2, -0.15) is 0 Å². The molecule has 1 aliphatic heterocycles. The molecule has 1 aliphatic rings. The number of hydrogen-bond donors (Lipinski definition) is 2. The number of hydrogen-bond acceptors (Lipinski definition) is 6. The lowest BCUT2D eigenvalue weighted by molar-refractivity contribution is -0.139. The normalized spacial score (nSPS) is 19.3. The van der Waals surface area contributed by atoms with E-state index >= 15 is 0 Å². The third kappa shape index (κ3) is 7.02. The highest BCUT2D eigenvalue weighted by Gasteiger charge is 2.31. The smallest absolute Gasteiger partial charge is 0.303 e. The zero-order valence-corrected chi connectivity index (χ0v) is 21.1. The van der Waals surface area contributed by atoms with Gasteiger partial charge in [0.05, 0.1) is 18.7 Å². The van der Waals surface area contributed by atoms with Gasteiger partial charge in [-0.3, -0.25) is 14.8 Å². The lowest BCUT2D eigenvalue weighted by atomic mass is 9.79. The number of ether oxygens (including phenoxy) is 1. The van der Waals surface area contributed by atoms with E-state index in [-0.39, 0.29) is 12.3 Å². The van der Waals surface area contributed by atoms with Gasteiger partial charge in [-0.1, -0.05) is 6.07 Å². The van der Waals surface area contributed by atoms with Crippen molar-refractivity contribution in [2.45, 2.75) is 51.0 Å². The maximum Gasteiger partial charge on any atom is 0.303 e. The van der Waals surface area contributed by atoms with E-state index in [0.29, 0.717) is 12.3 Å². The summed E-state index contributed by atoms with van der Waals surface area (Å²) < 4.78 is 5.36. The van der Waals surface area contributed by atoms with Crippen molar-refractivity contribution in [2.75, 3.05) is 26.7 Å². The zero-order valence-electron chi connectivity index (χ0n) is 21.1. The standard InChI is InChI=1S/C29H37N3O4/c1-36-24-9-10-27-26(19-24)25(12-15-31-27)28(33)11-8-21-13-17-32(20-22(21)18-29(34)35)16-5-3-7-23-6-2-4-14-30-23/h2,4,6,9-10,12,14-15,19,21-22,28,33H,3,5,7-8,11,13,16-18,20H2,1H3,(H,34,35)/t21-,22+,28+/m1/s1. The highest BCUT2D eigenvalue weighted by atomic mass is 16.5. The summed E-state index contributed by atoms with van der Waals surface area (Å²) in [7, 11) is 1.63. The molecule has 0 bridgehead atoms. The lowest BCUT2D eigenvalue weighted by Gasteiger charge is -2.38. The molecule has 0 amide bonds. The van der Waals surface area contributed by atoms with Crippen LogP contribution in [0.15, 0.2) is 54.9 Å². The van der Waals surface area contributed by atoms with Gasteiger partial charge in [0.25, 0.3) is 0 Å². The minimum Gasteiger partial charge on any atom is -0.497 e. The number of rotatable bonds is 12. The van der Waals surface area contributed by atoms with Gasteiger partial charge >= 0.3 is 5.97 Å². The molecule has 1 fully saturated rings. The summed E-state index contributed by atoms with van der Waals surface area (Å²) in [5, 5.41) is 21.5. The average Bonchev–Trinajstić information content (AvgIpc) is 2.90. The molecule has 0 radical (unpaired) electrons. The number of fused-ring (bicyclic) bond motifs is 1. The molecule has 2 N–H and O–H groups in total. The van der Waals surface area contributed by atoms with Crippen molar-refractivity contribution in [2.24, 2.45) is 11.8 Å². The first kappa shape index (κ1) is 26.0. The van der Waals surface area contributed by atoms with Gasteiger partial charge in [-0.25, -0.2) is 0 Å². The van der Waals surface area contributed by atoms with Crippen molar-refractivity contribution < 1.29 is 19.7 Å². The van der Waals surface area contributed by atoms with Crippen LogP contribution in [0.2, 0.25) is 0 Å². The van der Waals surface area contributed by atoms with E-state index in [1.54, 1.807) is 13.3 Å². The summed E-state index contributed by atoms with van der Waals surface area (Å²) >= 11 is 0. The second kappa shape index (κ2) is 12.8. The minimum atomic E-state index is -0.741. The van der Waals surface area contributed by atoms with E-state index in [2.05, 4.69) is 20.9 Å². The lowest BCUT2D eigenvalue weighted by Crippen LogP contribution is -2.41. The van der Waals surface area contributed by atoms with Crippen LogP contribution in [0.3, 0.4) is 0 Å². The van der Waals surface area contributed by atoms with E-state index in [0.717, 1.165) is 79.6 Å². The minimum absolute atomic E-state index is 0.105.